The summed E-state index contributed by atoms with van der Waals surface area (Å²) in [7, 11) is 0. The van der Waals surface area contributed by atoms with Gasteiger partial charge in [-0.15, -0.1) is 11.3 Å². The first kappa shape index (κ1) is 15.0. The molecule has 0 spiro atoms. The molecule has 0 saturated heterocycles. The fourth-order valence-corrected chi connectivity index (χ4v) is 3.17. The number of hydrogen-bond acceptors (Lipinski definition) is 4. The number of thiazole rings is 1. The fraction of sp³-hybridized carbons (Fsp3) is 0.412. The van der Waals surface area contributed by atoms with E-state index < -0.39 is 5.60 Å². The predicted octanol–water partition coefficient (Wildman–Crippen LogP) is 4.10. The predicted molar refractivity (Wildman–Crippen MR) is 87.9 cm³/mol. The third-order valence-corrected chi connectivity index (χ3v) is 4.37. The lowest BCUT2D eigenvalue weighted by Gasteiger charge is -2.31. The van der Waals surface area contributed by atoms with E-state index >= 15 is 0 Å². The molecule has 1 amide bonds. The van der Waals surface area contributed by atoms with E-state index in [9.17, 15) is 4.79 Å². The second-order valence-corrected chi connectivity index (χ2v) is 7.37. The molecule has 5 heteroatoms. The first-order valence-electron chi connectivity index (χ1n) is 7.42. The Bertz CT molecular complexity index is 674. The van der Waals surface area contributed by atoms with Gasteiger partial charge >= 0.3 is 6.09 Å². The molecule has 1 aliphatic rings. The molecule has 0 bridgehead atoms. The third-order valence-electron chi connectivity index (χ3n) is 3.55. The number of carbonyl (C=O) groups is 1. The average Bonchev–Trinajstić information content (AvgIpc) is 2.98. The van der Waals surface area contributed by atoms with Gasteiger partial charge in [-0.1, -0.05) is 12.1 Å². The molecule has 0 radical (unpaired) electrons. The van der Waals surface area contributed by atoms with Crippen molar-refractivity contribution in [1.82, 2.24) is 9.88 Å². The summed E-state index contributed by atoms with van der Waals surface area (Å²) in [6.07, 6.45) is 2.44. The maximum atomic E-state index is 12.2. The normalized spacial score (nSPS) is 14.6. The van der Waals surface area contributed by atoms with Crippen LogP contribution in [0.25, 0.3) is 10.6 Å². The summed E-state index contributed by atoms with van der Waals surface area (Å²) < 4.78 is 5.45. The smallest absolute Gasteiger partial charge is 0.410 e. The van der Waals surface area contributed by atoms with E-state index in [2.05, 4.69) is 23.2 Å². The molecule has 2 heterocycles. The molecule has 2 aromatic rings. The van der Waals surface area contributed by atoms with E-state index in [1.165, 1.54) is 11.1 Å². The van der Waals surface area contributed by atoms with Crippen LogP contribution in [-0.4, -0.2) is 28.1 Å². The second kappa shape index (κ2) is 5.72. The zero-order valence-corrected chi connectivity index (χ0v) is 13.9. The van der Waals surface area contributed by atoms with Gasteiger partial charge < -0.3 is 9.64 Å². The number of hydrogen-bond donors (Lipinski definition) is 0. The summed E-state index contributed by atoms with van der Waals surface area (Å²) in [6.45, 7) is 6.99. The molecular weight excluding hydrogens is 296 g/mol. The topological polar surface area (TPSA) is 42.4 Å². The number of nitrogens with zero attached hydrogens (tertiary/aromatic N) is 2. The van der Waals surface area contributed by atoms with Crippen LogP contribution in [0.3, 0.4) is 0 Å². The molecule has 1 aliphatic heterocycles. The molecule has 0 unspecified atom stereocenters. The van der Waals surface area contributed by atoms with Crippen molar-refractivity contribution in [2.45, 2.75) is 39.3 Å². The molecule has 0 N–H and O–H groups in total. The quantitative estimate of drug-likeness (QED) is 0.795. The minimum atomic E-state index is -0.452. The van der Waals surface area contributed by atoms with Crippen LogP contribution in [0.1, 0.15) is 31.9 Å². The van der Waals surface area contributed by atoms with Gasteiger partial charge in [0.15, 0.2) is 0 Å². The number of rotatable bonds is 1. The van der Waals surface area contributed by atoms with Gasteiger partial charge in [-0.3, -0.25) is 0 Å². The van der Waals surface area contributed by atoms with E-state index in [4.69, 9.17) is 4.74 Å². The zero-order chi connectivity index (χ0) is 15.7. The van der Waals surface area contributed by atoms with Crippen molar-refractivity contribution >= 4 is 17.4 Å². The Morgan fingerprint density at radius 1 is 1.32 bits per heavy atom. The van der Waals surface area contributed by atoms with E-state index in [0.29, 0.717) is 13.1 Å². The first-order valence-corrected chi connectivity index (χ1v) is 8.30. The molecule has 3 rings (SSSR count). The molecular formula is C17H20N2O2S. The molecule has 0 saturated carbocycles. The van der Waals surface area contributed by atoms with E-state index in [1.54, 1.807) is 16.2 Å². The Morgan fingerprint density at radius 3 is 2.82 bits per heavy atom. The second-order valence-electron chi connectivity index (χ2n) is 6.47. The number of benzene rings is 1. The van der Waals surface area contributed by atoms with Crippen molar-refractivity contribution < 1.29 is 9.53 Å². The lowest BCUT2D eigenvalue weighted by atomic mass is 9.97. The van der Waals surface area contributed by atoms with Gasteiger partial charge in [0.2, 0.25) is 0 Å². The molecule has 1 aromatic carbocycles. The van der Waals surface area contributed by atoms with Crippen LogP contribution < -0.4 is 0 Å². The number of amides is 1. The highest BCUT2D eigenvalue weighted by Gasteiger charge is 2.25. The van der Waals surface area contributed by atoms with Crippen LogP contribution in [0, 0.1) is 0 Å². The molecule has 4 nitrogen and oxygen atoms in total. The lowest BCUT2D eigenvalue weighted by molar-refractivity contribution is 0.0224. The van der Waals surface area contributed by atoms with Crippen LogP contribution in [0.2, 0.25) is 0 Å². The summed E-state index contributed by atoms with van der Waals surface area (Å²) in [6, 6.07) is 6.37. The summed E-state index contributed by atoms with van der Waals surface area (Å²) in [5.41, 5.74) is 3.19. The van der Waals surface area contributed by atoms with Crippen LogP contribution in [0.15, 0.2) is 29.8 Å². The Morgan fingerprint density at radius 2 is 2.14 bits per heavy atom. The highest BCUT2D eigenvalue weighted by molar-refractivity contribution is 7.13. The van der Waals surface area contributed by atoms with Gasteiger partial charge in [0.1, 0.15) is 10.6 Å². The van der Waals surface area contributed by atoms with Gasteiger partial charge in [-0.2, -0.15) is 0 Å². The van der Waals surface area contributed by atoms with Gasteiger partial charge in [-0.25, -0.2) is 9.78 Å². The molecule has 116 valence electrons. The number of ether oxygens (including phenoxy) is 1. The van der Waals surface area contributed by atoms with Crippen molar-refractivity contribution in [2.75, 3.05) is 6.54 Å². The molecule has 0 aliphatic carbocycles. The molecule has 0 fully saturated rings. The zero-order valence-electron chi connectivity index (χ0n) is 13.1. The van der Waals surface area contributed by atoms with Gasteiger partial charge in [0.25, 0.3) is 0 Å². The average molecular weight is 316 g/mol. The Balaban J connectivity index is 1.76. The van der Waals surface area contributed by atoms with E-state index in [0.717, 1.165) is 17.0 Å². The summed E-state index contributed by atoms with van der Waals surface area (Å²) in [4.78, 5) is 18.3. The number of aromatic nitrogens is 1. The maximum Gasteiger partial charge on any atom is 0.410 e. The Kier molecular flexibility index (Phi) is 3.91. The first-order chi connectivity index (χ1) is 10.4. The molecule has 22 heavy (non-hydrogen) atoms. The van der Waals surface area contributed by atoms with Crippen molar-refractivity contribution in [3.8, 4) is 10.6 Å². The standard InChI is InChI=1S/C17H20N2O2S/c1-17(2,3)21-16(20)19-8-6-12-10-13(4-5-14(12)11-19)15-18-7-9-22-15/h4-5,7,9-10H,6,8,11H2,1-3H3. The van der Waals surface area contributed by atoms with Crippen molar-refractivity contribution in [1.29, 1.82) is 0 Å². The van der Waals surface area contributed by atoms with Crippen molar-refractivity contribution in [3.63, 3.8) is 0 Å². The van der Waals surface area contributed by atoms with Crippen LogP contribution in [-0.2, 0) is 17.7 Å². The fourth-order valence-electron chi connectivity index (χ4n) is 2.53. The molecule has 1 aromatic heterocycles. The Hall–Kier alpha value is -1.88. The highest BCUT2D eigenvalue weighted by atomic mass is 32.1. The van der Waals surface area contributed by atoms with Crippen LogP contribution in [0.4, 0.5) is 4.79 Å². The van der Waals surface area contributed by atoms with Crippen LogP contribution in [0.5, 0.6) is 0 Å². The number of fused-ring (bicyclic) bond motifs is 1. The largest absolute Gasteiger partial charge is 0.444 e. The maximum absolute atomic E-state index is 12.2. The summed E-state index contributed by atoms with van der Waals surface area (Å²) in [5, 5.41) is 3.02. The minimum Gasteiger partial charge on any atom is -0.444 e. The monoisotopic (exact) mass is 316 g/mol. The highest BCUT2D eigenvalue weighted by Crippen LogP contribution is 2.28. The van der Waals surface area contributed by atoms with Gasteiger partial charge in [-0.05, 0) is 44.4 Å². The minimum absolute atomic E-state index is 0.234. The summed E-state index contributed by atoms with van der Waals surface area (Å²) >= 11 is 1.64. The van der Waals surface area contributed by atoms with E-state index in [-0.39, 0.29) is 6.09 Å². The van der Waals surface area contributed by atoms with Gasteiger partial charge in [0, 0.05) is 30.2 Å². The van der Waals surface area contributed by atoms with E-state index in [1.807, 2.05) is 32.3 Å². The molecule has 0 atom stereocenters. The van der Waals surface area contributed by atoms with Crippen molar-refractivity contribution in [3.05, 3.63) is 40.9 Å². The third kappa shape index (κ3) is 3.30. The SMILES string of the molecule is CC(C)(C)OC(=O)N1CCc2cc(-c3nccs3)ccc2C1. The van der Waals surface area contributed by atoms with Crippen molar-refractivity contribution in [2.24, 2.45) is 0 Å². The Labute approximate surface area is 134 Å². The van der Waals surface area contributed by atoms with Crippen LogP contribution >= 0.6 is 11.3 Å². The number of carbonyl (C=O) groups excluding carboxylic acids is 1. The lowest BCUT2D eigenvalue weighted by Crippen LogP contribution is -2.39. The van der Waals surface area contributed by atoms with Gasteiger partial charge in [0.05, 0.1) is 0 Å². The summed E-state index contributed by atoms with van der Waals surface area (Å²) in [5.74, 6) is 0.